The normalized spacial score (nSPS) is 33.8. The third-order valence-electron chi connectivity index (χ3n) is 7.69. The zero-order chi connectivity index (χ0) is 20.0. The lowest BCUT2D eigenvalue weighted by molar-refractivity contribution is -0.140. The molecular weight excluding hydrogens is 361 g/mol. The van der Waals surface area contributed by atoms with E-state index in [1.165, 1.54) is 0 Å². The summed E-state index contributed by atoms with van der Waals surface area (Å²) >= 11 is 0. The van der Waals surface area contributed by atoms with Gasteiger partial charge in [0.05, 0.1) is 6.61 Å². The van der Waals surface area contributed by atoms with Crippen molar-refractivity contribution in [2.24, 2.45) is 5.41 Å². The van der Waals surface area contributed by atoms with Crippen molar-refractivity contribution in [2.45, 2.75) is 82.5 Å². The molecule has 0 unspecified atom stereocenters. The first-order valence-corrected chi connectivity index (χ1v) is 10.9. The van der Waals surface area contributed by atoms with Gasteiger partial charge in [0.1, 0.15) is 0 Å². The van der Waals surface area contributed by atoms with Crippen LogP contribution in [0.2, 0.25) is 0 Å². The first kappa shape index (κ1) is 19.9. The molecule has 7 heteroatoms. The monoisotopic (exact) mass is 395 g/mol. The van der Waals surface area contributed by atoms with Crippen LogP contribution in [0.1, 0.15) is 65.2 Å². The van der Waals surface area contributed by atoms with Gasteiger partial charge >= 0.3 is 6.09 Å². The van der Waals surface area contributed by atoms with Crippen molar-refractivity contribution in [3.8, 4) is 0 Å². The van der Waals surface area contributed by atoms with E-state index in [1.807, 2.05) is 18.7 Å². The number of carbonyl (C=O) groups excluding carboxylic acids is 2. The zero-order valence-electron chi connectivity index (χ0n) is 17.3. The van der Waals surface area contributed by atoms with Gasteiger partial charge in [-0.25, -0.2) is 9.18 Å². The van der Waals surface area contributed by atoms with E-state index in [4.69, 9.17) is 4.74 Å². The standard InChI is InChI=1S/C21H34FN3O3/c1-3-28-18(27)25-10-7-20(15-25)13-16(14-20)24-11-8-21(22,9-12-24)17(26)23-19(2)5-4-6-19/h16H,3-15H2,1-2H3,(H,23,26). The summed E-state index contributed by atoms with van der Waals surface area (Å²) in [6, 6.07) is 0.457. The third-order valence-corrected chi connectivity index (χ3v) is 7.69. The quantitative estimate of drug-likeness (QED) is 0.795. The van der Waals surface area contributed by atoms with Crippen LogP contribution in [0.3, 0.4) is 0 Å². The molecule has 0 aromatic heterocycles. The average molecular weight is 396 g/mol. The smallest absolute Gasteiger partial charge is 0.409 e. The molecule has 0 atom stereocenters. The fourth-order valence-corrected chi connectivity index (χ4v) is 5.53. The molecule has 28 heavy (non-hydrogen) atoms. The molecule has 0 aromatic rings. The van der Waals surface area contributed by atoms with Gasteiger partial charge in [-0.05, 0) is 57.8 Å². The van der Waals surface area contributed by atoms with Crippen LogP contribution in [0.25, 0.3) is 0 Å². The highest BCUT2D eigenvalue weighted by atomic mass is 19.1. The highest BCUT2D eigenvalue weighted by molar-refractivity contribution is 5.86. The molecule has 6 nitrogen and oxygen atoms in total. The van der Waals surface area contributed by atoms with Crippen molar-refractivity contribution in [1.29, 1.82) is 0 Å². The number of likely N-dealkylation sites (tertiary alicyclic amines) is 2. The number of carbonyl (C=O) groups is 2. The fraction of sp³-hybridized carbons (Fsp3) is 0.905. The molecule has 2 aliphatic heterocycles. The van der Waals surface area contributed by atoms with Gasteiger partial charge in [-0.15, -0.1) is 0 Å². The number of hydrogen-bond acceptors (Lipinski definition) is 4. The lowest BCUT2D eigenvalue weighted by atomic mass is 9.64. The molecule has 0 aromatic carbocycles. The first-order valence-electron chi connectivity index (χ1n) is 10.9. The van der Waals surface area contributed by atoms with Crippen molar-refractivity contribution in [3.05, 3.63) is 0 Å². The summed E-state index contributed by atoms with van der Waals surface area (Å²) in [5, 5.41) is 2.96. The van der Waals surface area contributed by atoms with E-state index in [2.05, 4.69) is 10.2 Å². The highest BCUT2D eigenvalue weighted by Crippen LogP contribution is 2.51. The van der Waals surface area contributed by atoms with Crippen LogP contribution >= 0.6 is 0 Å². The van der Waals surface area contributed by atoms with Gasteiger partial charge < -0.3 is 19.9 Å². The Morgan fingerprint density at radius 1 is 1.11 bits per heavy atom. The molecule has 4 rings (SSSR count). The minimum absolute atomic E-state index is 0.194. The summed E-state index contributed by atoms with van der Waals surface area (Å²) in [5.41, 5.74) is -1.69. The van der Waals surface area contributed by atoms with E-state index in [1.54, 1.807) is 0 Å². The SMILES string of the molecule is CCOC(=O)N1CCC2(CC(N3CCC(F)(C(=O)NC4(C)CCC4)CC3)C2)C1. The van der Waals surface area contributed by atoms with Gasteiger partial charge in [-0.3, -0.25) is 4.79 Å². The molecule has 158 valence electrons. The number of nitrogens with one attached hydrogen (secondary N) is 1. The van der Waals surface area contributed by atoms with Gasteiger partial charge in [-0.1, -0.05) is 0 Å². The predicted octanol–water partition coefficient (Wildman–Crippen LogP) is 2.86. The largest absolute Gasteiger partial charge is 0.450 e. The summed E-state index contributed by atoms with van der Waals surface area (Å²) in [7, 11) is 0. The molecule has 2 saturated carbocycles. The number of hydrogen-bond donors (Lipinski definition) is 1. The third kappa shape index (κ3) is 3.62. The lowest BCUT2D eigenvalue weighted by Crippen LogP contribution is -2.61. The number of piperidine rings is 1. The summed E-state index contributed by atoms with van der Waals surface area (Å²) in [6.45, 7) is 7.10. The Morgan fingerprint density at radius 2 is 1.79 bits per heavy atom. The molecule has 1 N–H and O–H groups in total. The van der Waals surface area contributed by atoms with Gasteiger partial charge in [0.15, 0.2) is 5.67 Å². The fourth-order valence-electron chi connectivity index (χ4n) is 5.53. The van der Waals surface area contributed by atoms with Crippen LogP contribution in [0.5, 0.6) is 0 Å². The Bertz CT molecular complexity index is 622. The molecule has 4 fully saturated rings. The molecule has 0 bridgehead atoms. The van der Waals surface area contributed by atoms with Crippen LogP contribution in [-0.4, -0.2) is 71.8 Å². The maximum atomic E-state index is 15.2. The van der Waals surface area contributed by atoms with Gasteiger partial charge in [0.2, 0.25) is 0 Å². The summed E-state index contributed by atoms with van der Waals surface area (Å²) in [4.78, 5) is 28.6. The lowest BCUT2D eigenvalue weighted by Gasteiger charge is -2.52. The van der Waals surface area contributed by atoms with Gasteiger partial charge in [-0.2, -0.15) is 0 Å². The van der Waals surface area contributed by atoms with E-state index in [9.17, 15) is 9.59 Å². The number of halogens is 1. The van der Waals surface area contributed by atoms with Crippen LogP contribution in [0.4, 0.5) is 9.18 Å². The second kappa shape index (κ2) is 7.15. The topological polar surface area (TPSA) is 61.9 Å². The molecule has 2 amide bonds. The first-order chi connectivity index (χ1) is 13.3. The Kier molecular flexibility index (Phi) is 5.09. The number of amides is 2. The predicted molar refractivity (Wildman–Crippen MR) is 104 cm³/mol. The summed E-state index contributed by atoms with van der Waals surface area (Å²) in [6.07, 6.45) is 6.54. The Labute approximate surface area is 167 Å². The molecule has 2 aliphatic carbocycles. The van der Waals surface area contributed by atoms with E-state index >= 15 is 4.39 Å². The van der Waals surface area contributed by atoms with Crippen molar-refractivity contribution in [1.82, 2.24) is 15.1 Å². The van der Waals surface area contributed by atoms with Crippen molar-refractivity contribution in [3.63, 3.8) is 0 Å². The maximum absolute atomic E-state index is 15.2. The average Bonchev–Trinajstić information content (AvgIpc) is 3.06. The highest BCUT2D eigenvalue weighted by Gasteiger charge is 2.53. The second-order valence-electron chi connectivity index (χ2n) is 9.80. The van der Waals surface area contributed by atoms with Crippen LogP contribution < -0.4 is 5.32 Å². The Morgan fingerprint density at radius 3 is 2.36 bits per heavy atom. The number of nitrogens with zero attached hydrogens (tertiary/aromatic N) is 2. The van der Waals surface area contributed by atoms with E-state index in [-0.39, 0.29) is 29.9 Å². The number of rotatable bonds is 4. The van der Waals surface area contributed by atoms with E-state index in [0.717, 1.165) is 51.6 Å². The van der Waals surface area contributed by atoms with Crippen molar-refractivity contribution < 1.29 is 18.7 Å². The molecule has 2 saturated heterocycles. The number of ether oxygens (including phenoxy) is 1. The van der Waals surface area contributed by atoms with Gasteiger partial charge in [0.25, 0.3) is 5.91 Å². The van der Waals surface area contributed by atoms with E-state index in [0.29, 0.717) is 25.7 Å². The molecular formula is C21H34FN3O3. The Hall–Kier alpha value is -1.37. The van der Waals surface area contributed by atoms with Crippen LogP contribution in [0.15, 0.2) is 0 Å². The Balaban J connectivity index is 1.23. The zero-order valence-corrected chi connectivity index (χ0v) is 17.3. The van der Waals surface area contributed by atoms with Crippen molar-refractivity contribution >= 4 is 12.0 Å². The summed E-state index contributed by atoms with van der Waals surface area (Å²) < 4.78 is 20.3. The second-order valence-corrected chi connectivity index (χ2v) is 9.80. The molecule has 0 radical (unpaired) electrons. The van der Waals surface area contributed by atoms with Gasteiger partial charge in [0, 0.05) is 50.6 Å². The minimum Gasteiger partial charge on any atom is -0.450 e. The number of alkyl halides is 1. The minimum atomic E-state index is -1.72. The summed E-state index contributed by atoms with van der Waals surface area (Å²) in [5.74, 6) is -0.402. The molecule has 4 aliphatic rings. The van der Waals surface area contributed by atoms with Crippen LogP contribution in [-0.2, 0) is 9.53 Å². The molecule has 1 spiro atoms. The van der Waals surface area contributed by atoms with Crippen LogP contribution in [0, 0.1) is 5.41 Å². The molecule has 2 heterocycles. The maximum Gasteiger partial charge on any atom is 0.409 e. The van der Waals surface area contributed by atoms with Crippen molar-refractivity contribution in [2.75, 3.05) is 32.8 Å². The van der Waals surface area contributed by atoms with E-state index < -0.39 is 11.6 Å².